The molecule has 0 amide bonds. The Bertz CT molecular complexity index is 1200. The smallest absolute Gasteiger partial charge is 0.334 e. The molecule has 7 aliphatic rings. The van der Waals surface area contributed by atoms with Gasteiger partial charge in [0, 0.05) is 25.0 Å². The van der Waals surface area contributed by atoms with Crippen LogP contribution in [0.2, 0.25) is 0 Å². The van der Waals surface area contributed by atoms with Crippen molar-refractivity contribution in [1.82, 2.24) is 0 Å². The molecule has 8 heteroatoms. The van der Waals surface area contributed by atoms with E-state index < -0.39 is 5.97 Å². The van der Waals surface area contributed by atoms with Crippen molar-refractivity contribution in [3.8, 4) is 0 Å². The Morgan fingerprint density at radius 3 is 1.36 bits per heavy atom. The average molecular weight is 773 g/mol. The highest BCUT2D eigenvalue weighted by Gasteiger charge is 2.66. The van der Waals surface area contributed by atoms with E-state index in [0.717, 1.165) is 154 Å². The molecular formula is C47H80O8. The zero-order valence-corrected chi connectivity index (χ0v) is 35.7. The first-order chi connectivity index (χ1) is 26.6. The summed E-state index contributed by atoms with van der Waals surface area (Å²) in [5.41, 5.74) is -0.200. The van der Waals surface area contributed by atoms with Crippen LogP contribution in [-0.4, -0.2) is 78.7 Å². The predicted molar refractivity (Wildman–Crippen MR) is 217 cm³/mol. The normalized spacial score (nSPS) is 36.5. The number of ether oxygens (including phenoxy) is 6. The van der Waals surface area contributed by atoms with Crippen LogP contribution in [0.4, 0.5) is 0 Å². The summed E-state index contributed by atoms with van der Waals surface area (Å²) in [6.07, 6.45) is 29.6. The number of carbonyl (C=O) groups is 1. The number of rotatable bonds is 29. The highest BCUT2D eigenvalue weighted by molar-refractivity contribution is 5.86. The molecule has 3 heterocycles. The number of aliphatic carboxylic acids is 1. The van der Waals surface area contributed by atoms with E-state index in [1.165, 1.54) is 57.8 Å². The monoisotopic (exact) mass is 773 g/mol. The molecule has 0 aromatic heterocycles. The van der Waals surface area contributed by atoms with Crippen LogP contribution in [0.3, 0.4) is 0 Å². The molecule has 3 aliphatic heterocycles. The fraction of sp³-hybridized carbons (Fsp3) is 0.936. The molecule has 5 unspecified atom stereocenters. The number of allylic oxidation sites excluding steroid dienone is 1. The van der Waals surface area contributed by atoms with E-state index in [1.807, 2.05) is 0 Å². The third-order valence-corrected chi connectivity index (χ3v) is 15.0. The SMILES string of the molecule is CCCC1(CCCCCOC(=C(C)C(=O)O)C23CC4CC(OCCCCCC5(CCC)CCO5)(CC(OCCCCCC5(CCC)CCO5)(C4)C2)C3)CCO1. The summed E-state index contributed by atoms with van der Waals surface area (Å²) in [5.74, 6) is 0.299. The zero-order chi connectivity index (χ0) is 38.9. The van der Waals surface area contributed by atoms with E-state index >= 15 is 0 Å². The summed E-state index contributed by atoms with van der Waals surface area (Å²) in [6.45, 7) is 13.3. The van der Waals surface area contributed by atoms with E-state index in [0.29, 0.717) is 18.1 Å². The van der Waals surface area contributed by atoms with Gasteiger partial charge in [0.25, 0.3) is 0 Å². The van der Waals surface area contributed by atoms with Crippen LogP contribution in [0, 0.1) is 11.3 Å². The third-order valence-electron chi connectivity index (χ3n) is 15.0. The van der Waals surface area contributed by atoms with E-state index in [2.05, 4.69) is 20.8 Å². The second-order valence-electron chi connectivity index (χ2n) is 19.5. The highest BCUT2D eigenvalue weighted by atomic mass is 16.5. The summed E-state index contributed by atoms with van der Waals surface area (Å²) >= 11 is 0. The first kappa shape index (κ1) is 43.4. The fourth-order valence-electron chi connectivity index (χ4n) is 12.6. The zero-order valence-electron chi connectivity index (χ0n) is 35.7. The summed E-state index contributed by atoms with van der Waals surface area (Å²) in [4.78, 5) is 12.7. The van der Waals surface area contributed by atoms with E-state index in [-0.39, 0.29) is 33.4 Å². The maximum atomic E-state index is 12.7. The van der Waals surface area contributed by atoms with Gasteiger partial charge in [0.05, 0.1) is 60.0 Å². The number of hydrogen-bond acceptors (Lipinski definition) is 7. The van der Waals surface area contributed by atoms with Gasteiger partial charge < -0.3 is 33.5 Å². The molecule has 3 saturated heterocycles. The van der Waals surface area contributed by atoms with Gasteiger partial charge in [-0.3, -0.25) is 0 Å². The molecule has 7 rings (SSSR count). The molecule has 0 spiro atoms. The molecule has 316 valence electrons. The molecule has 4 saturated carbocycles. The molecule has 4 aliphatic carbocycles. The van der Waals surface area contributed by atoms with Crippen molar-refractivity contribution in [3.05, 3.63) is 11.3 Å². The van der Waals surface area contributed by atoms with Gasteiger partial charge in [-0.05, 0) is 128 Å². The van der Waals surface area contributed by atoms with Crippen LogP contribution in [0.15, 0.2) is 11.3 Å². The van der Waals surface area contributed by atoms with Crippen LogP contribution in [-0.2, 0) is 33.2 Å². The first-order valence-corrected chi connectivity index (χ1v) is 23.3. The lowest BCUT2D eigenvalue weighted by atomic mass is 9.45. The molecule has 1 N–H and O–H groups in total. The van der Waals surface area contributed by atoms with Crippen molar-refractivity contribution in [3.63, 3.8) is 0 Å². The van der Waals surface area contributed by atoms with Crippen LogP contribution < -0.4 is 0 Å². The minimum Gasteiger partial charge on any atom is -0.497 e. The van der Waals surface area contributed by atoms with Gasteiger partial charge in [0.15, 0.2) is 0 Å². The van der Waals surface area contributed by atoms with Gasteiger partial charge in [0.2, 0.25) is 0 Å². The van der Waals surface area contributed by atoms with Crippen molar-refractivity contribution in [2.75, 3.05) is 39.6 Å². The molecule has 0 aromatic carbocycles. The number of hydrogen-bond donors (Lipinski definition) is 1. The molecular weight excluding hydrogens is 693 g/mol. The highest BCUT2D eigenvalue weighted by Crippen LogP contribution is 2.68. The van der Waals surface area contributed by atoms with Crippen LogP contribution in [0.1, 0.15) is 201 Å². The number of carboxylic acids is 1. The van der Waals surface area contributed by atoms with Gasteiger partial charge >= 0.3 is 5.97 Å². The van der Waals surface area contributed by atoms with Gasteiger partial charge in [-0.2, -0.15) is 0 Å². The van der Waals surface area contributed by atoms with Crippen LogP contribution >= 0.6 is 0 Å². The Hall–Kier alpha value is -1.19. The lowest BCUT2D eigenvalue weighted by Crippen LogP contribution is -2.65. The lowest BCUT2D eigenvalue weighted by Gasteiger charge is -2.66. The maximum Gasteiger partial charge on any atom is 0.334 e. The molecule has 4 bridgehead atoms. The quantitative estimate of drug-likeness (QED) is 0.0456. The Labute approximate surface area is 334 Å². The number of unbranched alkanes of at least 4 members (excludes halogenated alkanes) is 6. The molecule has 8 nitrogen and oxygen atoms in total. The molecule has 0 aromatic rings. The minimum atomic E-state index is -0.869. The molecule has 0 radical (unpaired) electrons. The van der Waals surface area contributed by atoms with Gasteiger partial charge in [-0.1, -0.05) is 72.1 Å². The summed E-state index contributed by atoms with van der Waals surface area (Å²) in [7, 11) is 0. The maximum absolute atomic E-state index is 12.7. The Morgan fingerprint density at radius 2 is 1.00 bits per heavy atom. The van der Waals surface area contributed by atoms with Gasteiger partial charge in [-0.15, -0.1) is 0 Å². The molecule has 7 fully saturated rings. The van der Waals surface area contributed by atoms with Crippen molar-refractivity contribution in [1.29, 1.82) is 0 Å². The van der Waals surface area contributed by atoms with Crippen LogP contribution in [0.25, 0.3) is 0 Å². The Morgan fingerprint density at radius 1 is 0.582 bits per heavy atom. The number of carboxylic acid groups (broad SMARTS) is 1. The summed E-state index contributed by atoms with van der Waals surface area (Å²) < 4.78 is 39.1. The summed E-state index contributed by atoms with van der Waals surface area (Å²) in [6, 6.07) is 0. The van der Waals surface area contributed by atoms with Crippen molar-refractivity contribution in [2.24, 2.45) is 11.3 Å². The van der Waals surface area contributed by atoms with Crippen LogP contribution in [0.5, 0.6) is 0 Å². The first-order valence-electron chi connectivity index (χ1n) is 23.3. The van der Waals surface area contributed by atoms with Crippen molar-refractivity contribution in [2.45, 2.75) is 229 Å². The lowest BCUT2D eigenvalue weighted by molar-refractivity contribution is -0.261. The predicted octanol–water partition coefficient (Wildman–Crippen LogP) is 11.4. The van der Waals surface area contributed by atoms with Crippen molar-refractivity contribution < 1.29 is 38.3 Å². The second-order valence-corrected chi connectivity index (χ2v) is 19.5. The minimum absolute atomic E-state index is 0.104. The van der Waals surface area contributed by atoms with Gasteiger partial charge in [-0.25, -0.2) is 4.79 Å². The average Bonchev–Trinajstić information content (AvgIpc) is 3.09. The molecule has 5 atom stereocenters. The Kier molecular flexibility index (Phi) is 15.2. The summed E-state index contributed by atoms with van der Waals surface area (Å²) in [5, 5.41) is 10.4. The van der Waals surface area contributed by atoms with E-state index in [1.54, 1.807) is 6.92 Å². The topological polar surface area (TPSA) is 92.7 Å². The fourth-order valence-corrected chi connectivity index (χ4v) is 12.6. The third kappa shape index (κ3) is 10.5. The van der Waals surface area contributed by atoms with E-state index in [9.17, 15) is 9.90 Å². The van der Waals surface area contributed by atoms with Crippen molar-refractivity contribution >= 4 is 5.97 Å². The largest absolute Gasteiger partial charge is 0.497 e. The second kappa shape index (κ2) is 19.3. The van der Waals surface area contributed by atoms with Gasteiger partial charge in [0.1, 0.15) is 5.76 Å². The molecule has 55 heavy (non-hydrogen) atoms. The standard InChI is InChI=1S/C47H80O8/c1-5-17-43(23-29-53-43)20-11-8-14-26-50-40(38(4)41(48)49)42-32-39-33-46(35-42,51-27-15-9-12-21-44(18-6-2)24-30-54-44)37-47(34-39,36-42)52-28-16-10-13-22-45(19-7-3)25-31-55-45/h39H,5-37H2,1-4H3,(H,48,49). The van der Waals surface area contributed by atoms with E-state index in [4.69, 9.17) is 28.4 Å². The Balaban J connectivity index is 1.08.